The van der Waals surface area contributed by atoms with E-state index in [2.05, 4.69) is 9.97 Å². The number of benzene rings is 2. The van der Waals surface area contributed by atoms with E-state index >= 15 is 0 Å². The van der Waals surface area contributed by atoms with Gasteiger partial charge in [0.2, 0.25) is 0 Å². The molecule has 2 aromatic carbocycles. The van der Waals surface area contributed by atoms with Gasteiger partial charge < -0.3 is 15.3 Å². The smallest absolute Gasteiger partial charge is 0.175 e. The zero-order valence-corrected chi connectivity index (χ0v) is 18.8. The lowest BCUT2D eigenvalue weighted by molar-refractivity contribution is -0.0995. The van der Waals surface area contributed by atoms with Crippen molar-refractivity contribution in [3.8, 4) is 22.4 Å². The van der Waals surface area contributed by atoms with Gasteiger partial charge in [0.15, 0.2) is 9.84 Å². The van der Waals surface area contributed by atoms with Crippen molar-refractivity contribution in [3.05, 3.63) is 66.4 Å². The first-order valence-electron chi connectivity index (χ1n) is 10.5. The van der Waals surface area contributed by atoms with Crippen molar-refractivity contribution in [1.82, 2.24) is 9.97 Å². The van der Waals surface area contributed by atoms with Crippen LogP contribution in [0.4, 0.5) is 4.39 Å². The number of sulfone groups is 1. The number of nitrogens with zero attached hydrogens (tertiary/aromatic N) is 2. The molecule has 1 aromatic heterocycles. The molecule has 3 N–H and O–H groups in total. The molecule has 33 heavy (non-hydrogen) atoms. The normalized spacial score (nSPS) is 23.4. The molecule has 1 saturated carbocycles. The first-order chi connectivity index (χ1) is 15.5. The first-order valence-corrected chi connectivity index (χ1v) is 12.4. The molecule has 3 unspecified atom stereocenters. The summed E-state index contributed by atoms with van der Waals surface area (Å²) >= 11 is 0. The molecule has 0 aliphatic heterocycles. The second-order valence-electron chi connectivity index (χ2n) is 8.63. The number of hydrogen-bond donors (Lipinski definition) is 3. The van der Waals surface area contributed by atoms with E-state index in [1.807, 2.05) is 0 Å². The lowest BCUT2D eigenvalue weighted by Gasteiger charge is -2.37. The van der Waals surface area contributed by atoms with Gasteiger partial charge >= 0.3 is 0 Å². The Kier molecular flexibility index (Phi) is 6.32. The molecule has 0 spiro atoms. The molecule has 1 fully saturated rings. The molecule has 0 bridgehead atoms. The van der Waals surface area contributed by atoms with Crippen LogP contribution in [-0.2, 0) is 16.3 Å². The Morgan fingerprint density at radius 1 is 1.03 bits per heavy atom. The number of aliphatic hydroxyl groups excluding tert-OH is 2. The van der Waals surface area contributed by atoms with Crippen molar-refractivity contribution in [2.75, 3.05) is 6.26 Å². The summed E-state index contributed by atoms with van der Waals surface area (Å²) in [7, 11) is -3.35. The molecule has 0 radical (unpaired) electrons. The minimum Gasteiger partial charge on any atom is -0.390 e. The third kappa shape index (κ3) is 5.27. The summed E-state index contributed by atoms with van der Waals surface area (Å²) in [5, 5.41) is 30.7. The van der Waals surface area contributed by atoms with Crippen molar-refractivity contribution in [2.45, 2.75) is 48.4 Å². The molecule has 174 valence electrons. The largest absolute Gasteiger partial charge is 0.390 e. The molecule has 9 heteroatoms. The summed E-state index contributed by atoms with van der Waals surface area (Å²) in [5.41, 5.74) is 1.19. The summed E-state index contributed by atoms with van der Waals surface area (Å²) in [4.78, 5) is 9.24. The fourth-order valence-electron chi connectivity index (χ4n) is 4.12. The standard InChI is InChI=1S/C24H25FN2O5S/c1-33(31,32)18-8-4-15(5-9-18)19-14-26-22(13-24(30)11-10-20(28)21(29)12-24)27-23(19)16-2-6-17(25)7-3-16/h2-9,14,20-21,28-30H,10-13H2,1H3. The minimum atomic E-state index is -3.35. The van der Waals surface area contributed by atoms with E-state index in [1.165, 1.54) is 24.3 Å². The van der Waals surface area contributed by atoms with Crippen LogP contribution in [0.3, 0.4) is 0 Å². The fraction of sp³-hybridized carbons (Fsp3) is 0.333. The maximum absolute atomic E-state index is 13.5. The Bertz CT molecular complexity index is 1250. The van der Waals surface area contributed by atoms with E-state index in [-0.39, 0.29) is 24.2 Å². The number of aromatic nitrogens is 2. The van der Waals surface area contributed by atoms with Crippen LogP contribution in [0.15, 0.2) is 59.6 Å². The summed E-state index contributed by atoms with van der Waals surface area (Å²) in [6.45, 7) is 0. The quantitative estimate of drug-likeness (QED) is 0.522. The zero-order valence-electron chi connectivity index (χ0n) is 18.0. The number of halogens is 1. The van der Waals surface area contributed by atoms with Crippen molar-refractivity contribution < 1.29 is 28.1 Å². The third-order valence-electron chi connectivity index (χ3n) is 5.98. The highest BCUT2D eigenvalue weighted by Gasteiger charge is 2.39. The molecule has 3 atom stereocenters. The highest BCUT2D eigenvalue weighted by molar-refractivity contribution is 7.90. The second kappa shape index (κ2) is 8.90. The molecular weight excluding hydrogens is 447 g/mol. The average molecular weight is 473 g/mol. The molecule has 1 aliphatic carbocycles. The van der Waals surface area contributed by atoms with E-state index in [9.17, 15) is 28.1 Å². The molecule has 0 saturated heterocycles. The maximum Gasteiger partial charge on any atom is 0.175 e. The molecule has 3 aromatic rings. The van der Waals surface area contributed by atoms with E-state index in [4.69, 9.17) is 0 Å². The van der Waals surface area contributed by atoms with Gasteiger partial charge in [0.25, 0.3) is 0 Å². The lowest BCUT2D eigenvalue weighted by atomic mass is 9.79. The average Bonchev–Trinajstić information content (AvgIpc) is 2.77. The number of rotatable bonds is 5. The summed E-state index contributed by atoms with van der Waals surface area (Å²) < 4.78 is 37.1. The number of hydrogen-bond acceptors (Lipinski definition) is 7. The Morgan fingerprint density at radius 2 is 1.67 bits per heavy atom. The van der Waals surface area contributed by atoms with Crippen LogP contribution in [0.25, 0.3) is 22.4 Å². The molecule has 4 rings (SSSR count). The van der Waals surface area contributed by atoms with Gasteiger partial charge in [-0.05, 0) is 54.8 Å². The van der Waals surface area contributed by atoms with Crippen LogP contribution < -0.4 is 0 Å². The molecule has 1 aliphatic rings. The van der Waals surface area contributed by atoms with Crippen LogP contribution in [0.5, 0.6) is 0 Å². The second-order valence-corrected chi connectivity index (χ2v) is 10.6. The topological polar surface area (TPSA) is 121 Å². The van der Waals surface area contributed by atoms with Gasteiger partial charge in [0.05, 0.1) is 28.4 Å². The van der Waals surface area contributed by atoms with E-state index < -0.39 is 33.5 Å². The van der Waals surface area contributed by atoms with Gasteiger partial charge in [-0.3, -0.25) is 0 Å². The highest BCUT2D eigenvalue weighted by Crippen LogP contribution is 2.34. The first kappa shape index (κ1) is 23.4. The van der Waals surface area contributed by atoms with Crippen molar-refractivity contribution in [3.63, 3.8) is 0 Å². The van der Waals surface area contributed by atoms with Gasteiger partial charge in [-0.1, -0.05) is 12.1 Å². The SMILES string of the molecule is CS(=O)(=O)c1ccc(-c2cnc(CC3(O)CCC(O)C(O)C3)nc2-c2ccc(F)cc2)cc1. The summed E-state index contributed by atoms with van der Waals surface area (Å²) in [6.07, 6.45) is 1.51. The van der Waals surface area contributed by atoms with Crippen LogP contribution in [0.2, 0.25) is 0 Å². The third-order valence-corrected chi connectivity index (χ3v) is 7.10. The predicted octanol–water partition coefficient (Wildman–Crippen LogP) is 2.53. The van der Waals surface area contributed by atoms with Gasteiger partial charge in [-0.25, -0.2) is 22.8 Å². The van der Waals surface area contributed by atoms with Crippen molar-refractivity contribution >= 4 is 9.84 Å². The van der Waals surface area contributed by atoms with Crippen molar-refractivity contribution in [2.24, 2.45) is 0 Å². The Hall–Kier alpha value is -2.72. The maximum atomic E-state index is 13.5. The monoisotopic (exact) mass is 472 g/mol. The fourth-order valence-corrected chi connectivity index (χ4v) is 4.75. The summed E-state index contributed by atoms with van der Waals surface area (Å²) in [5.74, 6) is -0.0481. The predicted molar refractivity (Wildman–Crippen MR) is 120 cm³/mol. The van der Waals surface area contributed by atoms with Crippen LogP contribution in [0.1, 0.15) is 25.1 Å². The highest BCUT2D eigenvalue weighted by atomic mass is 32.2. The van der Waals surface area contributed by atoms with E-state index in [0.29, 0.717) is 34.6 Å². The number of aliphatic hydroxyl groups is 3. The van der Waals surface area contributed by atoms with Gasteiger partial charge in [0.1, 0.15) is 11.6 Å². The summed E-state index contributed by atoms with van der Waals surface area (Å²) in [6, 6.07) is 12.1. The van der Waals surface area contributed by atoms with Gasteiger partial charge in [-0.2, -0.15) is 0 Å². The molecule has 1 heterocycles. The van der Waals surface area contributed by atoms with Gasteiger partial charge in [-0.15, -0.1) is 0 Å². The van der Waals surface area contributed by atoms with Crippen LogP contribution in [-0.4, -0.2) is 57.8 Å². The molecule has 7 nitrogen and oxygen atoms in total. The van der Waals surface area contributed by atoms with Crippen molar-refractivity contribution in [1.29, 1.82) is 0 Å². The van der Waals surface area contributed by atoms with E-state index in [0.717, 1.165) is 6.26 Å². The lowest BCUT2D eigenvalue weighted by Crippen LogP contribution is -2.46. The molecular formula is C24H25FN2O5S. The van der Waals surface area contributed by atoms with E-state index in [1.54, 1.807) is 30.5 Å². The minimum absolute atomic E-state index is 0.0120. The Morgan fingerprint density at radius 3 is 2.27 bits per heavy atom. The Labute approximate surface area is 191 Å². The molecule has 0 amide bonds. The van der Waals surface area contributed by atoms with Crippen LogP contribution >= 0.6 is 0 Å². The van der Waals surface area contributed by atoms with Gasteiger partial charge in [0, 0.05) is 36.4 Å². The zero-order chi connectivity index (χ0) is 23.8. The Balaban J connectivity index is 1.74. The van der Waals surface area contributed by atoms with Crippen LogP contribution in [0, 0.1) is 5.82 Å².